The first kappa shape index (κ1) is 21.7. The number of anilines is 1. The molecule has 3 aromatic rings. The summed E-state index contributed by atoms with van der Waals surface area (Å²) in [5.74, 6) is 0.443. The number of hydrogen-bond acceptors (Lipinski definition) is 4. The molecule has 0 atom stereocenters. The van der Waals surface area contributed by atoms with Gasteiger partial charge in [0.15, 0.2) is 0 Å². The fraction of sp³-hybridized carbons (Fsp3) is 0.250. The number of aromatic nitrogens is 1. The second-order valence-electron chi connectivity index (χ2n) is 6.93. The van der Waals surface area contributed by atoms with Crippen LogP contribution in [-0.4, -0.2) is 19.1 Å². The monoisotopic (exact) mass is 440 g/mol. The average molecular weight is 440 g/mol. The van der Waals surface area contributed by atoms with Crippen LogP contribution in [0.4, 0.5) is 18.9 Å². The van der Waals surface area contributed by atoms with E-state index in [0.29, 0.717) is 11.8 Å². The van der Waals surface area contributed by atoms with E-state index in [-0.39, 0.29) is 27.6 Å². The number of fused-ring (bicyclic) bond motifs is 1. The molecule has 0 aliphatic rings. The molecular formula is C20H19F3N2O4S. The number of halogens is 3. The van der Waals surface area contributed by atoms with Gasteiger partial charge in [-0.25, -0.2) is 8.42 Å². The number of aryl methyl sites for hydroxylation is 1. The van der Waals surface area contributed by atoms with E-state index in [4.69, 9.17) is 4.74 Å². The summed E-state index contributed by atoms with van der Waals surface area (Å²) in [5.41, 5.74) is -1.86. The molecule has 0 aliphatic carbocycles. The van der Waals surface area contributed by atoms with Crippen LogP contribution in [0.25, 0.3) is 10.9 Å². The van der Waals surface area contributed by atoms with Crippen molar-refractivity contribution in [2.45, 2.75) is 31.0 Å². The molecule has 0 unspecified atom stereocenters. The first-order valence-electron chi connectivity index (χ1n) is 8.89. The van der Waals surface area contributed by atoms with Crippen molar-refractivity contribution in [3.05, 3.63) is 64.4 Å². The highest BCUT2D eigenvalue weighted by Crippen LogP contribution is 2.34. The van der Waals surface area contributed by atoms with Crippen LogP contribution in [0.2, 0.25) is 0 Å². The fourth-order valence-electron chi connectivity index (χ4n) is 2.96. The Morgan fingerprint density at radius 1 is 1.07 bits per heavy atom. The van der Waals surface area contributed by atoms with Crippen molar-refractivity contribution in [2.24, 2.45) is 7.05 Å². The van der Waals surface area contributed by atoms with E-state index in [1.807, 2.05) is 13.8 Å². The van der Waals surface area contributed by atoms with Crippen molar-refractivity contribution in [1.29, 1.82) is 0 Å². The first-order chi connectivity index (χ1) is 13.9. The quantitative estimate of drug-likeness (QED) is 0.647. The smallest absolute Gasteiger partial charge is 0.417 e. The summed E-state index contributed by atoms with van der Waals surface area (Å²) < 4.78 is 74.7. The van der Waals surface area contributed by atoms with Crippen LogP contribution in [0, 0.1) is 0 Å². The van der Waals surface area contributed by atoms with Crippen LogP contribution in [-0.2, 0) is 23.2 Å². The van der Waals surface area contributed by atoms with Gasteiger partial charge in [0.25, 0.3) is 15.6 Å². The molecule has 1 N–H and O–H groups in total. The summed E-state index contributed by atoms with van der Waals surface area (Å²) in [5, 5.41) is -0.385. The Hall–Kier alpha value is -3.01. The molecule has 0 bridgehead atoms. The Morgan fingerprint density at radius 2 is 1.77 bits per heavy atom. The summed E-state index contributed by atoms with van der Waals surface area (Å²) in [6.07, 6.45) is -4.94. The molecule has 0 saturated heterocycles. The fourth-order valence-corrected chi connectivity index (χ4v) is 4.04. The zero-order chi connectivity index (χ0) is 22.3. The third kappa shape index (κ3) is 4.43. The Labute approximate surface area is 171 Å². The van der Waals surface area contributed by atoms with Crippen molar-refractivity contribution < 1.29 is 26.3 Å². The van der Waals surface area contributed by atoms with Gasteiger partial charge in [-0.05, 0) is 44.2 Å². The standard InChI is InChI=1S/C20H19F3N2O4S/c1-12(2)29-14-6-4-5-13(9-14)24-30(27,28)15-7-8-18-16(10-15)17(20(21,22)23)11-19(26)25(18)3/h4-12,24H,1-3H3. The van der Waals surface area contributed by atoms with Crippen LogP contribution >= 0.6 is 0 Å². The third-order valence-electron chi connectivity index (χ3n) is 4.29. The molecule has 0 amide bonds. The van der Waals surface area contributed by atoms with E-state index < -0.39 is 27.3 Å². The molecule has 0 radical (unpaired) electrons. The molecule has 0 saturated carbocycles. The Balaban J connectivity index is 2.08. The van der Waals surface area contributed by atoms with E-state index in [9.17, 15) is 26.4 Å². The molecule has 3 rings (SSSR count). The number of benzene rings is 2. The Morgan fingerprint density at radius 3 is 2.40 bits per heavy atom. The van der Waals surface area contributed by atoms with Crippen molar-refractivity contribution in [2.75, 3.05) is 4.72 Å². The molecule has 1 aromatic heterocycles. The maximum atomic E-state index is 13.4. The lowest BCUT2D eigenvalue weighted by Gasteiger charge is -2.15. The average Bonchev–Trinajstić information content (AvgIpc) is 2.62. The molecule has 10 heteroatoms. The SMILES string of the molecule is CC(C)Oc1cccc(NS(=O)(=O)c2ccc3c(c2)c(C(F)(F)F)cc(=O)n3C)c1. The topological polar surface area (TPSA) is 77.4 Å². The van der Waals surface area contributed by atoms with Gasteiger partial charge in [0.05, 0.1) is 27.8 Å². The van der Waals surface area contributed by atoms with Crippen molar-refractivity contribution in [3.8, 4) is 5.75 Å². The van der Waals surface area contributed by atoms with E-state index in [2.05, 4.69) is 4.72 Å². The largest absolute Gasteiger partial charge is 0.491 e. The van der Waals surface area contributed by atoms with Crippen molar-refractivity contribution >= 4 is 26.6 Å². The Kier molecular flexibility index (Phi) is 5.55. The van der Waals surface area contributed by atoms with Crippen LogP contribution in [0.5, 0.6) is 5.75 Å². The summed E-state index contributed by atoms with van der Waals surface area (Å²) in [4.78, 5) is 11.5. The molecular weight excluding hydrogens is 421 g/mol. The van der Waals surface area contributed by atoms with Crippen LogP contribution in [0.1, 0.15) is 19.4 Å². The number of pyridine rings is 1. The lowest BCUT2D eigenvalue weighted by Crippen LogP contribution is -2.21. The molecule has 6 nitrogen and oxygen atoms in total. The van der Waals surface area contributed by atoms with Gasteiger partial charge in [0.1, 0.15) is 5.75 Å². The number of nitrogens with zero attached hydrogens (tertiary/aromatic N) is 1. The van der Waals surface area contributed by atoms with Crippen molar-refractivity contribution in [1.82, 2.24) is 4.57 Å². The number of ether oxygens (including phenoxy) is 1. The van der Waals surface area contributed by atoms with Crippen LogP contribution in [0.15, 0.2) is 58.2 Å². The van der Waals surface area contributed by atoms with Gasteiger partial charge in [0.2, 0.25) is 0 Å². The predicted octanol–water partition coefficient (Wildman–Crippen LogP) is 4.15. The molecule has 0 spiro atoms. The highest BCUT2D eigenvalue weighted by atomic mass is 32.2. The van der Waals surface area contributed by atoms with Gasteiger partial charge in [-0.2, -0.15) is 13.2 Å². The Bertz CT molecular complexity index is 1270. The predicted molar refractivity (Wildman–Crippen MR) is 107 cm³/mol. The maximum absolute atomic E-state index is 13.4. The lowest BCUT2D eigenvalue weighted by molar-refractivity contribution is -0.136. The number of sulfonamides is 1. The molecule has 30 heavy (non-hydrogen) atoms. The van der Waals surface area contributed by atoms with Crippen LogP contribution < -0.4 is 15.0 Å². The zero-order valence-corrected chi connectivity index (χ0v) is 17.1. The minimum absolute atomic E-state index is 0.0268. The van der Waals surface area contributed by atoms with E-state index in [1.165, 1.54) is 25.2 Å². The van der Waals surface area contributed by atoms with E-state index >= 15 is 0 Å². The highest BCUT2D eigenvalue weighted by molar-refractivity contribution is 7.92. The summed E-state index contributed by atoms with van der Waals surface area (Å²) in [7, 11) is -2.88. The second kappa shape index (κ2) is 7.67. The summed E-state index contributed by atoms with van der Waals surface area (Å²) in [6.45, 7) is 3.63. The van der Waals surface area contributed by atoms with Gasteiger partial charge in [-0.15, -0.1) is 0 Å². The van der Waals surface area contributed by atoms with E-state index in [0.717, 1.165) is 16.7 Å². The molecule has 1 heterocycles. The lowest BCUT2D eigenvalue weighted by atomic mass is 10.1. The van der Waals surface area contributed by atoms with Gasteiger partial charge in [0, 0.05) is 24.6 Å². The van der Waals surface area contributed by atoms with Crippen molar-refractivity contribution in [3.63, 3.8) is 0 Å². The number of hydrogen-bond donors (Lipinski definition) is 1. The third-order valence-corrected chi connectivity index (χ3v) is 5.67. The minimum Gasteiger partial charge on any atom is -0.491 e. The highest BCUT2D eigenvalue weighted by Gasteiger charge is 2.34. The molecule has 2 aromatic carbocycles. The van der Waals surface area contributed by atoms with Gasteiger partial charge >= 0.3 is 6.18 Å². The number of nitrogens with one attached hydrogen (secondary N) is 1. The van der Waals surface area contributed by atoms with Crippen LogP contribution in [0.3, 0.4) is 0 Å². The number of rotatable bonds is 5. The summed E-state index contributed by atoms with van der Waals surface area (Å²) in [6, 6.07) is 9.92. The summed E-state index contributed by atoms with van der Waals surface area (Å²) >= 11 is 0. The normalized spacial score (nSPS) is 12.4. The minimum atomic E-state index is -4.82. The molecule has 0 fully saturated rings. The van der Waals surface area contributed by atoms with E-state index in [1.54, 1.807) is 12.1 Å². The second-order valence-corrected chi connectivity index (χ2v) is 8.61. The number of alkyl halides is 3. The van der Waals surface area contributed by atoms with Gasteiger partial charge in [-0.1, -0.05) is 6.07 Å². The molecule has 0 aliphatic heterocycles. The van der Waals surface area contributed by atoms with Gasteiger partial charge < -0.3 is 9.30 Å². The maximum Gasteiger partial charge on any atom is 0.417 e. The molecule has 160 valence electrons. The van der Waals surface area contributed by atoms with Gasteiger partial charge in [-0.3, -0.25) is 9.52 Å². The zero-order valence-electron chi connectivity index (χ0n) is 16.3. The first-order valence-corrected chi connectivity index (χ1v) is 10.4.